The smallest absolute Gasteiger partial charge is 0.133 e. The van der Waals surface area contributed by atoms with Gasteiger partial charge in [0.2, 0.25) is 0 Å². The van der Waals surface area contributed by atoms with Crippen LogP contribution in [0.3, 0.4) is 0 Å². The van der Waals surface area contributed by atoms with Gasteiger partial charge in [-0.1, -0.05) is 30.3 Å². The van der Waals surface area contributed by atoms with Gasteiger partial charge in [0.05, 0.1) is 0 Å². The van der Waals surface area contributed by atoms with E-state index in [1.807, 2.05) is 19.2 Å². The first-order valence-electron chi connectivity index (χ1n) is 5.47. The van der Waals surface area contributed by atoms with Gasteiger partial charge in [-0.15, -0.1) is 0 Å². The Bertz CT molecular complexity index is 508. The van der Waals surface area contributed by atoms with Crippen molar-refractivity contribution in [3.8, 4) is 0 Å². The molecule has 3 nitrogen and oxygen atoms in total. The lowest BCUT2D eigenvalue weighted by Gasteiger charge is -2.09. The highest BCUT2D eigenvalue weighted by molar-refractivity contribution is 5.54. The summed E-state index contributed by atoms with van der Waals surface area (Å²) in [5.74, 6) is 2.19. The van der Waals surface area contributed by atoms with Crippen molar-refractivity contribution < 1.29 is 0 Å². The summed E-state index contributed by atoms with van der Waals surface area (Å²) in [6.45, 7) is 2.83. The third-order valence-corrected chi connectivity index (χ3v) is 2.99. The summed E-state index contributed by atoms with van der Waals surface area (Å²) in [4.78, 5) is 8.68. The molecule has 3 rings (SSSR count). The van der Waals surface area contributed by atoms with Crippen LogP contribution in [0.1, 0.15) is 22.9 Å². The number of hydrogen-bond donors (Lipinski definition) is 1. The van der Waals surface area contributed by atoms with Gasteiger partial charge in [-0.05, 0) is 12.5 Å². The fourth-order valence-electron chi connectivity index (χ4n) is 2.17. The molecule has 3 heteroatoms. The maximum Gasteiger partial charge on any atom is 0.133 e. The summed E-state index contributed by atoms with van der Waals surface area (Å²) in [5.41, 5.74) is 2.53. The van der Waals surface area contributed by atoms with Crippen molar-refractivity contribution in [2.75, 3.05) is 11.9 Å². The highest BCUT2D eigenvalue weighted by Crippen LogP contribution is 2.33. The van der Waals surface area contributed by atoms with Crippen LogP contribution in [-0.2, 0) is 0 Å². The van der Waals surface area contributed by atoms with Crippen LogP contribution in [-0.4, -0.2) is 16.5 Å². The average molecular weight is 211 g/mol. The molecule has 2 heterocycles. The molecule has 1 aliphatic heterocycles. The van der Waals surface area contributed by atoms with Crippen molar-refractivity contribution in [3.63, 3.8) is 0 Å². The molecule has 0 saturated heterocycles. The molecule has 1 unspecified atom stereocenters. The standard InChI is InChI=1S/C13H13N3/c1-9-14-8-12-11(7-15-13(12)16-9)10-5-3-2-4-6-10/h2-6,8,11H,7H2,1H3,(H,14,15,16). The van der Waals surface area contributed by atoms with Gasteiger partial charge < -0.3 is 5.32 Å². The molecule has 0 bridgehead atoms. The van der Waals surface area contributed by atoms with Crippen LogP contribution in [0.5, 0.6) is 0 Å². The zero-order valence-corrected chi connectivity index (χ0v) is 9.14. The predicted octanol–water partition coefficient (Wildman–Crippen LogP) is 2.34. The SMILES string of the molecule is Cc1ncc2c(n1)NCC2c1ccccc1. The van der Waals surface area contributed by atoms with E-state index in [1.54, 1.807) is 0 Å². The van der Waals surface area contributed by atoms with Crippen LogP contribution in [0.4, 0.5) is 5.82 Å². The molecule has 0 aliphatic carbocycles. The van der Waals surface area contributed by atoms with Crippen molar-refractivity contribution in [1.29, 1.82) is 0 Å². The Kier molecular flexibility index (Phi) is 2.10. The van der Waals surface area contributed by atoms with E-state index in [4.69, 9.17) is 0 Å². The zero-order valence-electron chi connectivity index (χ0n) is 9.14. The topological polar surface area (TPSA) is 37.8 Å². The number of nitrogens with one attached hydrogen (secondary N) is 1. The van der Waals surface area contributed by atoms with Gasteiger partial charge in [0.15, 0.2) is 0 Å². The second kappa shape index (κ2) is 3.59. The molecule has 0 fully saturated rings. The molecule has 0 saturated carbocycles. The lowest BCUT2D eigenvalue weighted by Crippen LogP contribution is -2.03. The van der Waals surface area contributed by atoms with Crippen molar-refractivity contribution in [3.05, 3.63) is 53.5 Å². The van der Waals surface area contributed by atoms with Crippen molar-refractivity contribution in [1.82, 2.24) is 9.97 Å². The van der Waals surface area contributed by atoms with Gasteiger partial charge in [-0.25, -0.2) is 9.97 Å². The van der Waals surface area contributed by atoms with Crippen molar-refractivity contribution >= 4 is 5.82 Å². The van der Waals surface area contributed by atoms with Gasteiger partial charge in [0.1, 0.15) is 11.6 Å². The van der Waals surface area contributed by atoms with Gasteiger partial charge in [0.25, 0.3) is 0 Å². The molecule has 0 radical (unpaired) electrons. The fourth-order valence-corrected chi connectivity index (χ4v) is 2.17. The van der Waals surface area contributed by atoms with E-state index in [9.17, 15) is 0 Å². The molecule has 2 aromatic rings. The molecule has 80 valence electrons. The first-order valence-corrected chi connectivity index (χ1v) is 5.47. The second-order valence-electron chi connectivity index (χ2n) is 4.07. The second-order valence-corrected chi connectivity index (χ2v) is 4.07. The molecule has 0 spiro atoms. The summed E-state index contributed by atoms with van der Waals surface area (Å²) < 4.78 is 0. The molecular weight excluding hydrogens is 198 g/mol. The molecular formula is C13H13N3. The largest absolute Gasteiger partial charge is 0.369 e. The van der Waals surface area contributed by atoms with Crippen LogP contribution >= 0.6 is 0 Å². The minimum atomic E-state index is 0.386. The van der Waals surface area contributed by atoms with Gasteiger partial charge in [-0.2, -0.15) is 0 Å². The third-order valence-electron chi connectivity index (χ3n) is 2.99. The normalized spacial score (nSPS) is 17.9. The monoisotopic (exact) mass is 211 g/mol. The Balaban J connectivity index is 2.04. The van der Waals surface area contributed by atoms with E-state index in [2.05, 4.69) is 39.6 Å². The number of fused-ring (bicyclic) bond motifs is 1. The minimum Gasteiger partial charge on any atom is -0.369 e. The molecule has 1 aromatic heterocycles. The molecule has 1 N–H and O–H groups in total. The number of nitrogens with zero attached hydrogens (tertiary/aromatic N) is 2. The van der Waals surface area contributed by atoms with Gasteiger partial charge in [-0.3, -0.25) is 0 Å². The Hall–Kier alpha value is -1.90. The van der Waals surface area contributed by atoms with E-state index in [0.717, 1.165) is 18.2 Å². The van der Waals surface area contributed by atoms with Crippen LogP contribution in [0.15, 0.2) is 36.5 Å². The summed E-state index contributed by atoms with van der Waals surface area (Å²) >= 11 is 0. The summed E-state index contributed by atoms with van der Waals surface area (Å²) in [5, 5.41) is 3.34. The Labute approximate surface area is 94.6 Å². The molecule has 1 aliphatic rings. The number of hydrogen-bond acceptors (Lipinski definition) is 3. The lowest BCUT2D eigenvalue weighted by molar-refractivity contribution is 0.897. The maximum absolute atomic E-state index is 4.41. The van der Waals surface area contributed by atoms with Crippen molar-refractivity contribution in [2.45, 2.75) is 12.8 Å². The summed E-state index contributed by atoms with van der Waals surface area (Å²) in [6.07, 6.45) is 1.94. The lowest BCUT2D eigenvalue weighted by atomic mass is 9.95. The number of benzene rings is 1. The van der Waals surface area contributed by atoms with E-state index in [0.29, 0.717) is 5.92 Å². The minimum absolute atomic E-state index is 0.386. The van der Waals surface area contributed by atoms with E-state index in [1.165, 1.54) is 11.1 Å². The fraction of sp³-hybridized carbons (Fsp3) is 0.231. The van der Waals surface area contributed by atoms with E-state index in [-0.39, 0.29) is 0 Å². The summed E-state index contributed by atoms with van der Waals surface area (Å²) in [6, 6.07) is 10.5. The maximum atomic E-state index is 4.41. The predicted molar refractivity (Wildman–Crippen MR) is 63.5 cm³/mol. The highest BCUT2D eigenvalue weighted by Gasteiger charge is 2.24. The Morgan fingerprint density at radius 1 is 1.25 bits per heavy atom. The molecule has 0 amide bonds. The Morgan fingerprint density at radius 2 is 2.06 bits per heavy atom. The van der Waals surface area contributed by atoms with Crippen LogP contribution in [0.25, 0.3) is 0 Å². The van der Waals surface area contributed by atoms with Gasteiger partial charge in [0, 0.05) is 24.2 Å². The number of anilines is 1. The summed E-state index contributed by atoms with van der Waals surface area (Å²) in [7, 11) is 0. The molecule has 1 aromatic carbocycles. The average Bonchev–Trinajstić information content (AvgIpc) is 2.73. The Morgan fingerprint density at radius 3 is 2.88 bits per heavy atom. The van der Waals surface area contributed by atoms with Crippen LogP contribution in [0.2, 0.25) is 0 Å². The zero-order chi connectivity index (χ0) is 11.0. The number of aromatic nitrogens is 2. The molecule has 1 atom stereocenters. The van der Waals surface area contributed by atoms with Gasteiger partial charge >= 0.3 is 0 Å². The first-order chi connectivity index (χ1) is 7.84. The van der Waals surface area contributed by atoms with Crippen LogP contribution in [0, 0.1) is 6.92 Å². The first kappa shape index (κ1) is 9.33. The van der Waals surface area contributed by atoms with Crippen molar-refractivity contribution in [2.24, 2.45) is 0 Å². The van der Waals surface area contributed by atoms with Crippen LogP contribution < -0.4 is 5.32 Å². The molecule has 16 heavy (non-hydrogen) atoms. The highest BCUT2D eigenvalue weighted by atomic mass is 15.1. The number of rotatable bonds is 1. The van der Waals surface area contributed by atoms with E-state index < -0.39 is 0 Å². The quantitative estimate of drug-likeness (QED) is 0.786. The van der Waals surface area contributed by atoms with E-state index >= 15 is 0 Å². The number of aryl methyl sites for hydroxylation is 1. The third kappa shape index (κ3) is 1.45.